The highest BCUT2D eigenvalue weighted by atomic mass is 35.5. The molecule has 2 aromatic rings. The van der Waals surface area contributed by atoms with E-state index in [2.05, 4.69) is 5.10 Å². The standard InChI is InChI=1S/C12H9Cl2FN2O4S/c1-17-11(22(2,20)21)9(14)10(16-17)6-3-5(12(18)19)7(13)4-8(6)15/h3-4H,1-2H3,(H,18,19). The first-order chi connectivity index (χ1) is 10.0. The highest BCUT2D eigenvalue weighted by molar-refractivity contribution is 7.90. The van der Waals surface area contributed by atoms with Crippen molar-refractivity contribution >= 4 is 39.0 Å². The highest BCUT2D eigenvalue weighted by Gasteiger charge is 2.26. The fourth-order valence-corrected chi connectivity index (χ4v) is 3.81. The number of aromatic nitrogens is 2. The molecule has 1 N–H and O–H groups in total. The molecular weight excluding hydrogens is 358 g/mol. The molecule has 0 unspecified atom stereocenters. The van der Waals surface area contributed by atoms with Gasteiger partial charge in [0.25, 0.3) is 0 Å². The number of carboxylic acids is 1. The molecule has 1 heterocycles. The van der Waals surface area contributed by atoms with Gasteiger partial charge < -0.3 is 5.11 Å². The van der Waals surface area contributed by atoms with E-state index < -0.39 is 21.6 Å². The average molecular weight is 367 g/mol. The third-order valence-corrected chi connectivity index (χ3v) is 4.79. The highest BCUT2D eigenvalue weighted by Crippen LogP contribution is 2.35. The van der Waals surface area contributed by atoms with E-state index in [0.717, 1.165) is 23.1 Å². The Labute approximate surface area is 135 Å². The summed E-state index contributed by atoms with van der Waals surface area (Å²) in [7, 11) is -2.36. The molecule has 0 spiro atoms. The van der Waals surface area contributed by atoms with Crippen molar-refractivity contribution in [2.24, 2.45) is 7.05 Å². The second kappa shape index (κ2) is 5.53. The number of rotatable bonds is 3. The van der Waals surface area contributed by atoms with E-state index in [0.29, 0.717) is 0 Å². The van der Waals surface area contributed by atoms with Crippen molar-refractivity contribution in [3.63, 3.8) is 0 Å². The van der Waals surface area contributed by atoms with Crippen LogP contribution in [-0.4, -0.2) is 35.5 Å². The number of halogens is 3. The summed E-state index contributed by atoms with van der Waals surface area (Å²) in [6, 6.07) is 1.77. The normalized spacial score (nSPS) is 11.7. The molecule has 0 saturated carbocycles. The Bertz CT molecular complexity index is 893. The lowest BCUT2D eigenvalue weighted by molar-refractivity contribution is 0.0697. The molecule has 0 amide bonds. The van der Waals surface area contributed by atoms with Gasteiger partial charge in [0.2, 0.25) is 0 Å². The maximum absolute atomic E-state index is 14.1. The van der Waals surface area contributed by atoms with Crippen LogP contribution in [0.1, 0.15) is 10.4 Å². The Balaban J connectivity index is 2.79. The quantitative estimate of drug-likeness (QED) is 0.901. The van der Waals surface area contributed by atoms with Crippen molar-refractivity contribution < 1.29 is 22.7 Å². The molecule has 0 atom stereocenters. The van der Waals surface area contributed by atoms with Gasteiger partial charge in [-0.25, -0.2) is 17.6 Å². The van der Waals surface area contributed by atoms with Gasteiger partial charge >= 0.3 is 5.97 Å². The molecule has 0 saturated heterocycles. The predicted molar refractivity (Wildman–Crippen MR) is 78.7 cm³/mol. The van der Waals surface area contributed by atoms with Gasteiger partial charge in [-0.3, -0.25) is 4.68 Å². The molecule has 0 aliphatic heterocycles. The molecule has 22 heavy (non-hydrogen) atoms. The molecule has 0 radical (unpaired) electrons. The van der Waals surface area contributed by atoms with E-state index in [-0.39, 0.29) is 31.9 Å². The van der Waals surface area contributed by atoms with Crippen LogP contribution in [0.5, 0.6) is 0 Å². The van der Waals surface area contributed by atoms with E-state index >= 15 is 0 Å². The number of carboxylic acid groups (broad SMARTS) is 1. The number of aryl methyl sites for hydroxylation is 1. The van der Waals surface area contributed by atoms with E-state index in [1.54, 1.807) is 0 Å². The topological polar surface area (TPSA) is 89.3 Å². The maximum atomic E-state index is 14.1. The van der Waals surface area contributed by atoms with Crippen LogP contribution in [0.3, 0.4) is 0 Å². The number of aromatic carboxylic acids is 1. The Morgan fingerprint density at radius 2 is 1.95 bits per heavy atom. The lowest BCUT2D eigenvalue weighted by atomic mass is 10.1. The zero-order valence-electron chi connectivity index (χ0n) is 11.3. The van der Waals surface area contributed by atoms with Gasteiger partial charge in [-0.05, 0) is 12.1 Å². The smallest absolute Gasteiger partial charge is 0.337 e. The number of hydrogen-bond acceptors (Lipinski definition) is 4. The second-order valence-corrected chi connectivity index (χ2v) is 7.20. The van der Waals surface area contributed by atoms with Gasteiger partial charge in [0, 0.05) is 18.9 Å². The van der Waals surface area contributed by atoms with Crippen LogP contribution in [0.25, 0.3) is 11.3 Å². The summed E-state index contributed by atoms with van der Waals surface area (Å²) >= 11 is 11.6. The summed E-state index contributed by atoms with van der Waals surface area (Å²) in [6.07, 6.45) is 0.931. The Hall–Kier alpha value is -1.64. The summed E-state index contributed by atoms with van der Waals surface area (Å²) in [5, 5.41) is 12.0. The first kappa shape index (κ1) is 16.7. The van der Waals surface area contributed by atoms with Crippen LogP contribution >= 0.6 is 23.2 Å². The minimum atomic E-state index is -3.70. The summed E-state index contributed by atoms with van der Waals surface area (Å²) in [4.78, 5) is 11.1. The Morgan fingerprint density at radius 3 is 2.41 bits per heavy atom. The van der Waals surface area contributed by atoms with Crippen LogP contribution in [0.2, 0.25) is 10.0 Å². The molecule has 0 aliphatic rings. The van der Waals surface area contributed by atoms with Crippen molar-refractivity contribution in [3.8, 4) is 11.3 Å². The monoisotopic (exact) mass is 366 g/mol. The molecule has 2 rings (SSSR count). The molecule has 1 aromatic heterocycles. The fourth-order valence-electron chi connectivity index (χ4n) is 1.95. The molecule has 118 valence electrons. The molecule has 0 fully saturated rings. The largest absolute Gasteiger partial charge is 0.478 e. The summed E-state index contributed by atoms with van der Waals surface area (Å²) < 4.78 is 38.4. The first-order valence-corrected chi connectivity index (χ1v) is 8.34. The van der Waals surface area contributed by atoms with Crippen LogP contribution in [0.15, 0.2) is 17.2 Å². The van der Waals surface area contributed by atoms with E-state index in [1.807, 2.05) is 0 Å². The number of hydrogen-bond donors (Lipinski definition) is 1. The third-order valence-electron chi connectivity index (χ3n) is 2.83. The maximum Gasteiger partial charge on any atom is 0.337 e. The van der Waals surface area contributed by atoms with Crippen molar-refractivity contribution in [1.29, 1.82) is 0 Å². The van der Waals surface area contributed by atoms with Gasteiger partial charge in [0.1, 0.15) is 16.5 Å². The van der Waals surface area contributed by atoms with Gasteiger partial charge in [-0.1, -0.05) is 23.2 Å². The fraction of sp³-hybridized carbons (Fsp3) is 0.167. The summed E-state index contributed by atoms with van der Waals surface area (Å²) in [6.45, 7) is 0. The summed E-state index contributed by atoms with van der Waals surface area (Å²) in [5.41, 5.74) is -0.778. The van der Waals surface area contributed by atoms with Crippen LogP contribution in [0.4, 0.5) is 4.39 Å². The van der Waals surface area contributed by atoms with Crippen molar-refractivity contribution in [3.05, 3.63) is 33.6 Å². The van der Waals surface area contributed by atoms with Crippen molar-refractivity contribution in [2.75, 3.05) is 6.26 Å². The average Bonchev–Trinajstić information content (AvgIpc) is 2.63. The van der Waals surface area contributed by atoms with Gasteiger partial charge in [0.15, 0.2) is 14.9 Å². The van der Waals surface area contributed by atoms with Crippen LogP contribution in [0, 0.1) is 5.82 Å². The van der Waals surface area contributed by atoms with E-state index in [4.69, 9.17) is 28.3 Å². The Kier molecular flexibility index (Phi) is 4.20. The van der Waals surface area contributed by atoms with Crippen molar-refractivity contribution in [1.82, 2.24) is 9.78 Å². The SMILES string of the molecule is Cn1nc(-c2cc(C(=O)O)c(Cl)cc2F)c(Cl)c1S(C)(=O)=O. The molecule has 10 heteroatoms. The zero-order valence-corrected chi connectivity index (χ0v) is 13.6. The van der Waals surface area contributed by atoms with Gasteiger partial charge in [-0.2, -0.15) is 5.10 Å². The number of sulfone groups is 1. The first-order valence-electron chi connectivity index (χ1n) is 5.69. The molecule has 0 bridgehead atoms. The minimum absolute atomic E-state index is 0.179. The number of carbonyl (C=O) groups is 1. The molecule has 6 nitrogen and oxygen atoms in total. The van der Waals surface area contributed by atoms with E-state index in [9.17, 15) is 17.6 Å². The number of nitrogens with zero attached hydrogens (tertiary/aromatic N) is 2. The van der Waals surface area contributed by atoms with Gasteiger partial charge in [-0.15, -0.1) is 0 Å². The van der Waals surface area contributed by atoms with Crippen molar-refractivity contribution in [2.45, 2.75) is 5.03 Å². The number of benzene rings is 1. The van der Waals surface area contributed by atoms with Crippen LogP contribution in [-0.2, 0) is 16.9 Å². The lowest BCUT2D eigenvalue weighted by Crippen LogP contribution is -2.05. The lowest BCUT2D eigenvalue weighted by Gasteiger charge is -2.05. The molecule has 1 aromatic carbocycles. The van der Waals surface area contributed by atoms with Crippen LogP contribution < -0.4 is 0 Å². The summed E-state index contributed by atoms with van der Waals surface area (Å²) in [5.74, 6) is -2.23. The molecular formula is C12H9Cl2FN2O4S. The second-order valence-electron chi connectivity index (χ2n) is 4.48. The Morgan fingerprint density at radius 1 is 1.36 bits per heavy atom. The third kappa shape index (κ3) is 2.81. The van der Waals surface area contributed by atoms with Gasteiger partial charge in [0.05, 0.1) is 10.6 Å². The zero-order chi connectivity index (χ0) is 16.8. The van der Waals surface area contributed by atoms with E-state index in [1.165, 1.54) is 7.05 Å². The predicted octanol–water partition coefficient (Wildman–Crippen LogP) is 2.63. The minimum Gasteiger partial charge on any atom is -0.478 e. The molecule has 0 aliphatic carbocycles.